The Hall–Kier alpha value is -1.84. The zero-order valence-electron chi connectivity index (χ0n) is 14.9. The summed E-state index contributed by atoms with van der Waals surface area (Å²) in [4.78, 5) is 14.1. The van der Waals surface area contributed by atoms with Gasteiger partial charge in [0.25, 0.3) is 0 Å². The zero-order chi connectivity index (χ0) is 19.2. The molecular weight excluding hydrogens is 351 g/mol. The molecule has 2 N–H and O–H groups in total. The summed E-state index contributed by atoms with van der Waals surface area (Å²) in [6, 6.07) is 3.34. The minimum Gasteiger partial charge on any atom is -0.383 e. The van der Waals surface area contributed by atoms with Crippen molar-refractivity contribution in [3.05, 3.63) is 23.8 Å². The summed E-state index contributed by atoms with van der Waals surface area (Å²) in [5, 5.41) is 5.55. The third kappa shape index (κ3) is 5.86. The molecule has 1 amide bonds. The molecule has 1 atom stereocenters. The molecule has 0 radical (unpaired) electrons. The number of morpholine rings is 1. The van der Waals surface area contributed by atoms with Crippen LogP contribution in [0.1, 0.15) is 12.5 Å². The monoisotopic (exact) mass is 375 g/mol. The fourth-order valence-electron chi connectivity index (χ4n) is 2.66. The summed E-state index contributed by atoms with van der Waals surface area (Å²) < 4.78 is 49.4. The number of carbonyl (C=O) groups is 1. The lowest BCUT2D eigenvalue weighted by atomic mass is 10.1. The van der Waals surface area contributed by atoms with Crippen molar-refractivity contribution in [3.63, 3.8) is 0 Å². The molecule has 0 saturated carbocycles. The molecule has 1 aromatic rings. The second-order valence-corrected chi connectivity index (χ2v) is 6.11. The smallest absolute Gasteiger partial charge is 0.383 e. The predicted molar refractivity (Wildman–Crippen MR) is 92.4 cm³/mol. The van der Waals surface area contributed by atoms with E-state index in [4.69, 9.17) is 9.47 Å². The first-order valence-corrected chi connectivity index (χ1v) is 8.37. The molecular formula is C17H24F3N3O3. The number of hydrogen-bond acceptors (Lipinski definition) is 5. The molecule has 26 heavy (non-hydrogen) atoms. The molecule has 9 heteroatoms. The van der Waals surface area contributed by atoms with Crippen LogP contribution in [0.15, 0.2) is 18.2 Å². The molecule has 0 bridgehead atoms. The molecule has 0 aliphatic carbocycles. The van der Waals surface area contributed by atoms with E-state index < -0.39 is 17.6 Å². The lowest BCUT2D eigenvalue weighted by Crippen LogP contribution is -2.38. The summed E-state index contributed by atoms with van der Waals surface area (Å²) in [5.41, 5.74) is -0.0990. The number of alkyl halides is 3. The van der Waals surface area contributed by atoms with Crippen LogP contribution in [-0.4, -0.2) is 58.5 Å². The lowest BCUT2D eigenvalue weighted by Gasteiger charge is -2.31. The normalized spacial score (nSPS) is 16.4. The van der Waals surface area contributed by atoms with Crippen LogP contribution in [0.2, 0.25) is 0 Å². The largest absolute Gasteiger partial charge is 0.416 e. The number of halogens is 3. The fourth-order valence-corrected chi connectivity index (χ4v) is 2.66. The second-order valence-electron chi connectivity index (χ2n) is 6.11. The Balaban J connectivity index is 2.15. The topological polar surface area (TPSA) is 62.8 Å². The van der Waals surface area contributed by atoms with Gasteiger partial charge in [-0.15, -0.1) is 0 Å². The van der Waals surface area contributed by atoms with E-state index in [1.54, 1.807) is 7.11 Å². The van der Waals surface area contributed by atoms with E-state index in [-0.39, 0.29) is 18.3 Å². The van der Waals surface area contributed by atoms with Gasteiger partial charge in [-0.1, -0.05) is 0 Å². The van der Waals surface area contributed by atoms with Crippen LogP contribution in [0.4, 0.5) is 24.5 Å². The Morgan fingerprint density at radius 2 is 2.04 bits per heavy atom. The maximum absolute atomic E-state index is 13.0. The molecule has 1 fully saturated rings. The maximum atomic E-state index is 13.0. The van der Waals surface area contributed by atoms with Gasteiger partial charge in [-0.2, -0.15) is 13.2 Å². The highest BCUT2D eigenvalue weighted by molar-refractivity contribution is 5.95. The van der Waals surface area contributed by atoms with E-state index >= 15 is 0 Å². The highest BCUT2D eigenvalue weighted by atomic mass is 19.4. The van der Waals surface area contributed by atoms with Crippen LogP contribution >= 0.6 is 0 Å². The van der Waals surface area contributed by atoms with Crippen LogP contribution in [-0.2, 0) is 20.4 Å². The van der Waals surface area contributed by atoms with Gasteiger partial charge < -0.3 is 25.0 Å². The predicted octanol–water partition coefficient (Wildman–Crippen LogP) is 2.10. The Kier molecular flexibility index (Phi) is 7.24. The number of amides is 1. The molecule has 1 aliphatic heterocycles. The molecule has 1 heterocycles. The van der Waals surface area contributed by atoms with Gasteiger partial charge in [0.15, 0.2) is 0 Å². The highest BCUT2D eigenvalue weighted by Gasteiger charge is 2.31. The van der Waals surface area contributed by atoms with Crippen molar-refractivity contribution in [2.45, 2.75) is 19.1 Å². The number of ether oxygens (including phenoxy) is 2. The summed E-state index contributed by atoms with van der Waals surface area (Å²) in [6.07, 6.45) is -4.48. The first-order chi connectivity index (χ1) is 12.3. The average molecular weight is 375 g/mol. The van der Waals surface area contributed by atoms with Gasteiger partial charge in [0.2, 0.25) is 5.91 Å². The molecule has 0 unspecified atom stereocenters. The van der Waals surface area contributed by atoms with Gasteiger partial charge in [0.05, 0.1) is 43.3 Å². The number of nitrogens with zero attached hydrogens (tertiary/aromatic N) is 1. The molecule has 6 nitrogen and oxygen atoms in total. The van der Waals surface area contributed by atoms with Gasteiger partial charge >= 0.3 is 6.18 Å². The summed E-state index contributed by atoms with van der Waals surface area (Å²) in [5.74, 6) is -0.415. The van der Waals surface area contributed by atoms with E-state index in [0.29, 0.717) is 38.6 Å². The van der Waals surface area contributed by atoms with E-state index in [1.165, 1.54) is 6.07 Å². The maximum Gasteiger partial charge on any atom is 0.416 e. The Morgan fingerprint density at radius 3 is 2.65 bits per heavy atom. The Morgan fingerprint density at radius 1 is 1.35 bits per heavy atom. The van der Waals surface area contributed by atoms with E-state index in [0.717, 1.165) is 12.1 Å². The van der Waals surface area contributed by atoms with Crippen LogP contribution in [0, 0.1) is 0 Å². The number of carbonyl (C=O) groups excluding carboxylic acids is 1. The Bertz CT molecular complexity index is 605. The summed E-state index contributed by atoms with van der Waals surface area (Å²) >= 11 is 0. The third-order valence-corrected chi connectivity index (χ3v) is 3.98. The molecule has 1 aliphatic rings. The van der Waals surface area contributed by atoms with Crippen molar-refractivity contribution in [1.29, 1.82) is 0 Å². The quantitative estimate of drug-likeness (QED) is 0.764. The van der Waals surface area contributed by atoms with Crippen LogP contribution in [0.25, 0.3) is 0 Å². The third-order valence-electron chi connectivity index (χ3n) is 3.98. The summed E-state index contributed by atoms with van der Waals surface area (Å²) in [6.45, 7) is 4.34. The number of rotatable bonds is 7. The van der Waals surface area contributed by atoms with Crippen LogP contribution in [0.3, 0.4) is 0 Å². The molecule has 1 aromatic carbocycles. The van der Waals surface area contributed by atoms with Crippen LogP contribution < -0.4 is 15.5 Å². The minimum atomic E-state index is -4.48. The minimum absolute atomic E-state index is 0.0245. The first-order valence-electron chi connectivity index (χ1n) is 8.37. The zero-order valence-corrected chi connectivity index (χ0v) is 14.9. The van der Waals surface area contributed by atoms with Crippen molar-refractivity contribution in [3.8, 4) is 0 Å². The van der Waals surface area contributed by atoms with Crippen molar-refractivity contribution in [2.24, 2.45) is 0 Å². The van der Waals surface area contributed by atoms with Crippen molar-refractivity contribution >= 4 is 17.3 Å². The molecule has 146 valence electrons. The fraction of sp³-hybridized carbons (Fsp3) is 0.588. The van der Waals surface area contributed by atoms with Crippen molar-refractivity contribution in [2.75, 3.05) is 56.8 Å². The number of methoxy groups -OCH3 is 1. The van der Waals surface area contributed by atoms with Crippen molar-refractivity contribution < 1.29 is 27.4 Å². The number of anilines is 2. The molecule has 0 aromatic heterocycles. The van der Waals surface area contributed by atoms with Crippen molar-refractivity contribution in [1.82, 2.24) is 5.32 Å². The molecule has 0 spiro atoms. The van der Waals surface area contributed by atoms with Gasteiger partial charge in [0, 0.05) is 26.2 Å². The second kappa shape index (κ2) is 9.20. The van der Waals surface area contributed by atoms with Gasteiger partial charge in [-0.25, -0.2) is 0 Å². The molecule has 2 rings (SSSR count). The number of benzene rings is 1. The average Bonchev–Trinajstić information content (AvgIpc) is 2.60. The van der Waals surface area contributed by atoms with Gasteiger partial charge in [-0.3, -0.25) is 4.79 Å². The summed E-state index contributed by atoms with van der Waals surface area (Å²) in [7, 11) is 1.55. The molecule has 1 saturated heterocycles. The standard InChI is InChI=1S/C17H24F3N3O3/c1-12(11-25-2)21-10-16(24)22-14-9-13(17(18,19)20)3-4-15(14)23-5-7-26-8-6-23/h3-4,9,12,21H,5-8,10-11H2,1-2H3,(H,22,24)/t12-/m1/s1. The highest BCUT2D eigenvalue weighted by Crippen LogP contribution is 2.35. The van der Waals surface area contributed by atoms with E-state index in [1.807, 2.05) is 11.8 Å². The van der Waals surface area contributed by atoms with Crippen LogP contribution in [0.5, 0.6) is 0 Å². The SMILES string of the molecule is COC[C@@H](C)NCC(=O)Nc1cc(C(F)(F)F)ccc1N1CCOCC1. The first kappa shape index (κ1) is 20.5. The van der Waals surface area contributed by atoms with Gasteiger partial charge in [0.1, 0.15) is 0 Å². The number of hydrogen-bond donors (Lipinski definition) is 2. The van der Waals surface area contributed by atoms with E-state index in [2.05, 4.69) is 10.6 Å². The van der Waals surface area contributed by atoms with E-state index in [9.17, 15) is 18.0 Å². The van der Waals surface area contributed by atoms with Gasteiger partial charge in [-0.05, 0) is 25.1 Å². The number of nitrogens with one attached hydrogen (secondary N) is 2. The Labute approximate surface area is 150 Å². The lowest BCUT2D eigenvalue weighted by molar-refractivity contribution is -0.137.